The number of hydrogen-bond donors (Lipinski definition) is 1. The van der Waals surface area contributed by atoms with E-state index in [-0.39, 0.29) is 5.91 Å². The molecule has 5 nitrogen and oxygen atoms in total. The summed E-state index contributed by atoms with van der Waals surface area (Å²) in [6, 6.07) is 18.3. The standard InChI is InChI=1S/C24H19ClN2O3S/c1-3-16-12-19(24(29)30-2)23(31-16)27-22(28)18-13-21(14-7-6-8-15(25)11-14)26-20-10-5-4-9-17(18)20/h4-13H,3H2,1-2H3,(H,27,28). The van der Waals surface area contributed by atoms with Gasteiger partial charge in [0.15, 0.2) is 0 Å². The minimum Gasteiger partial charge on any atom is -0.465 e. The fourth-order valence-corrected chi connectivity index (χ4v) is 4.47. The van der Waals surface area contributed by atoms with Crippen molar-refractivity contribution in [3.63, 3.8) is 0 Å². The van der Waals surface area contributed by atoms with Gasteiger partial charge in [-0.05, 0) is 36.8 Å². The van der Waals surface area contributed by atoms with Gasteiger partial charge in [0.1, 0.15) is 5.00 Å². The summed E-state index contributed by atoms with van der Waals surface area (Å²) >= 11 is 7.52. The number of para-hydroxylation sites is 1. The summed E-state index contributed by atoms with van der Waals surface area (Å²) < 4.78 is 4.87. The van der Waals surface area contributed by atoms with Crippen LogP contribution in [0.15, 0.2) is 60.7 Å². The number of benzene rings is 2. The van der Waals surface area contributed by atoms with Gasteiger partial charge in [-0.2, -0.15) is 0 Å². The number of esters is 1. The Labute approximate surface area is 188 Å². The Bertz CT molecular complexity index is 1300. The first-order valence-corrected chi connectivity index (χ1v) is 10.9. The number of thiophene rings is 1. The molecule has 0 saturated carbocycles. The van der Waals surface area contributed by atoms with E-state index in [0.29, 0.717) is 32.4 Å². The minimum absolute atomic E-state index is 0.323. The Balaban J connectivity index is 1.80. The molecule has 2 aromatic carbocycles. The number of carbonyl (C=O) groups is 2. The topological polar surface area (TPSA) is 68.3 Å². The molecule has 2 heterocycles. The minimum atomic E-state index is -0.481. The van der Waals surface area contributed by atoms with Gasteiger partial charge in [-0.3, -0.25) is 4.79 Å². The van der Waals surface area contributed by atoms with Gasteiger partial charge < -0.3 is 10.1 Å². The molecule has 4 aromatic rings. The Morgan fingerprint density at radius 3 is 2.61 bits per heavy atom. The van der Waals surface area contributed by atoms with Gasteiger partial charge in [0.05, 0.1) is 29.4 Å². The molecule has 156 valence electrons. The molecule has 0 unspecified atom stereocenters. The number of halogens is 1. The van der Waals surface area contributed by atoms with Crippen molar-refractivity contribution < 1.29 is 14.3 Å². The molecule has 0 aliphatic heterocycles. The van der Waals surface area contributed by atoms with Crippen LogP contribution in [0.25, 0.3) is 22.2 Å². The first kappa shape index (κ1) is 21.0. The van der Waals surface area contributed by atoms with E-state index in [4.69, 9.17) is 21.3 Å². The number of methoxy groups -OCH3 is 1. The summed E-state index contributed by atoms with van der Waals surface area (Å²) in [5.41, 5.74) is 2.96. The summed E-state index contributed by atoms with van der Waals surface area (Å²) in [5, 5.41) is 4.68. The van der Waals surface area contributed by atoms with Crippen LogP contribution in [0.5, 0.6) is 0 Å². The Morgan fingerprint density at radius 2 is 1.87 bits per heavy atom. The highest BCUT2D eigenvalue weighted by molar-refractivity contribution is 7.16. The van der Waals surface area contributed by atoms with Crippen LogP contribution in [-0.4, -0.2) is 24.0 Å². The highest BCUT2D eigenvalue weighted by Crippen LogP contribution is 2.31. The van der Waals surface area contributed by atoms with E-state index in [1.54, 1.807) is 18.2 Å². The van der Waals surface area contributed by atoms with Crippen LogP contribution in [0.3, 0.4) is 0 Å². The molecule has 0 fully saturated rings. The van der Waals surface area contributed by atoms with Crippen LogP contribution in [0.1, 0.15) is 32.5 Å². The number of fused-ring (bicyclic) bond motifs is 1. The molecule has 0 radical (unpaired) electrons. The zero-order valence-corrected chi connectivity index (χ0v) is 18.5. The number of carbonyl (C=O) groups excluding carboxylic acids is 2. The van der Waals surface area contributed by atoms with E-state index in [2.05, 4.69) is 5.32 Å². The lowest BCUT2D eigenvalue weighted by Crippen LogP contribution is -2.14. The molecular formula is C24H19ClN2O3S. The van der Waals surface area contributed by atoms with Crippen molar-refractivity contribution in [1.29, 1.82) is 0 Å². The van der Waals surface area contributed by atoms with Gasteiger partial charge in [-0.1, -0.05) is 48.9 Å². The number of pyridine rings is 1. The van der Waals surface area contributed by atoms with Gasteiger partial charge in [-0.15, -0.1) is 11.3 Å². The van der Waals surface area contributed by atoms with Crippen molar-refractivity contribution in [3.8, 4) is 11.3 Å². The smallest absolute Gasteiger partial charge is 0.340 e. The molecular weight excluding hydrogens is 432 g/mol. The van der Waals surface area contributed by atoms with Crippen LogP contribution in [0.2, 0.25) is 5.02 Å². The van der Waals surface area contributed by atoms with E-state index in [0.717, 1.165) is 22.2 Å². The Hall–Kier alpha value is -3.22. The van der Waals surface area contributed by atoms with E-state index >= 15 is 0 Å². The molecule has 0 aliphatic rings. The average molecular weight is 451 g/mol. The molecule has 31 heavy (non-hydrogen) atoms. The highest BCUT2D eigenvalue weighted by Gasteiger charge is 2.20. The summed E-state index contributed by atoms with van der Waals surface area (Å²) in [4.78, 5) is 31.2. The average Bonchev–Trinajstić information content (AvgIpc) is 3.20. The monoisotopic (exact) mass is 450 g/mol. The lowest BCUT2D eigenvalue weighted by Gasteiger charge is -2.11. The number of nitrogens with one attached hydrogen (secondary N) is 1. The second-order valence-corrected chi connectivity index (χ2v) is 8.41. The number of ether oxygens (including phenoxy) is 1. The molecule has 4 rings (SSSR count). The zero-order chi connectivity index (χ0) is 22.0. The third kappa shape index (κ3) is 4.31. The van der Waals surface area contributed by atoms with Gasteiger partial charge in [0.2, 0.25) is 0 Å². The molecule has 0 saturated heterocycles. The second kappa shape index (κ2) is 8.88. The molecule has 1 amide bonds. The van der Waals surface area contributed by atoms with Crippen LogP contribution >= 0.6 is 22.9 Å². The number of nitrogens with zero attached hydrogens (tertiary/aromatic N) is 1. The molecule has 0 atom stereocenters. The van der Waals surface area contributed by atoms with Gasteiger partial charge in [-0.25, -0.2) is 9.78 Å². The first-order valence-electron chi connectivity index (χ1n) is 9.68. The van der Waals surface area contributed by atoms with Gasteiger partial charge in [0, 0.05) is 20.8 Å². The predicted octanol–water partition coefficient (Wildman–Crippen LogP) is 6.22. The lowest BCUT2D eigenvalue weighted by atomic mass is 10.0. The van der Waals surface area contributed by atoms with Crippen LogP contribution in [0.4, 0.5) is 5.00 Å². The highest BCUT2D eigenvalue weighted by atomic mass is 35.5. The quantitative estimate of drug-likeness (QED) is 0.366. The maximum Gasteiger partial charge on any atom is 0.340 e. The fourth-order valence-electron chi connectivity index (χ4n) is 3.30. The van der Waals surface area contributed by atoms with Crippen molar-refractivity contribution >= 4 is 50.7 Å². The van der Waals surface area contributed by atoms with E-state index in [9.17, 15) is 9.59 Å². The van der Waals surface area contributed by atoms with Crippen molar-refractivity contribution in [2.45, 2.75) is 13.3 Å². The van der Waals surface area contributed by atoms with Crippen LogP contribution in [0, 0.1) is 0 Å². The SMILES string of the molecule is CCc1cc(C(=O)OC)c(NC(=O)c2cc(-c3cccc(Cl)c3)nc3ccccc23)s1. The van der Waals surface area contributed by atoms with Gasteiger partial charge in [0.25, 0.3) is 5.91 Å². The Kier molecular flexibility index (Phi) is 6.02. The third-order valence-electron chi connectivity index (χ3n) is 4.85. The van der Waals surface area contributed by atoms with Crippen molar-refractivity contribution in [1.82, 2.24) is 4.98 Å². The van der Waals surface area contributed by atoms with Crippen molar-refractivity contribution in [3.05, 3.63) is 81.7 Å². The molecule has 1 N–H and O–H groups in total. The van der Waals surface area contributed by atoms with E-state index < -0.39 is 5.97 Å². The number of amides is 1. The molecule has 0 spiro atoms. The molecule has 0 bridgehead atoms. The summed E-state index contributed by atoms with van der Waals surface area (Å²) in [6.07, 6.45) is 0.752. The number of rotatable bonds is 5. The van der Waals surface area contributed by atoms with Crippen LogP contribution < -0.4 is 5.32 Å². The first-order chi connectivity index (χ1) is 15.0. The summed E-state index contributed by atoms with van der Waals surface area (Å²) in [6.45, 7) is 1.99. The normalized spacial score (nSPS) is 10.8. The number of aromatic nitrogens is 1. The van der Waals surface area contributed by atoms with Gasteiger partial charge >= 0.3 is 5.97 Å². The molecule has 2 aromatic heterocycles. The zero-order valence-electron chi connectivity index (χ0n) is 16.9. The number of hydrogen-bond acceptors (Lipinski definition) is 5. The second-order valence-electron chi connectivity index (χ2n) is 6.84. The largest absolute Gasteiger partial charge is 0.465 e. The van der Waals surface area contributed by atoms with Crippen LogP contribution in [-0.2, 0) is 11.2 Å². The summed E-state index contributed by atoms with van der Waals surface area (Å²) in [7, 11) is 1.32. The summed E-state index contributed by atoms with van der Waals surface area (Å²) in [5.74, 6) is -0.804. The fraction of sp³-hybridized carbons (Fsp3) is 0.125. The molecule has 7 heteroatoms. The number of anilines is 1. The Morgan fingerprint density at radius 1 is 1.06 bits per heavy atom. The predicted molar refractivity (Wildman–Crippen MR) is 125 cm³/mol. The third-order valence-corrected chi connectivity index (χ3v) is 6.28. The van der Waals surface area contributed by atoms with E-state index in [1.165, 1.54) is 18.4 Å². The maximum absolute atomic E-state index is 13.3. The maximum atomic E-state index is 13.3. The van der Waals surface area contributed by atoms with Crippen molar-refractivity contribution in [2.24, 2.45) is 0 Å². The van der Waals surface area contributed by atoms with E-state index in [1.807, 2.05) is 49.4 Å². The lowest BCUT2D eigenvalue weighted by molar-refractivity contribution is 0.0602. The molecule has 0 aliphatic carbocycles. The number of aryl methyl sites for hydroxylation is 1. The van der Waals surface area contributed by atoms with Crippen molar-refractivity contribution in [2.75, 3.05) is 12.4 Å².